The molecule has 23 heavy (non-hydrogen) atoms. The highest BCUT2D eigenvalue weighted by Gasteiger charge is 2.32. The van der Waals surface area contributed by atoms with E-state index < -0.39 is 0 Å². The number of hydrogen-bond acceptors (Lipinski definition) is 2. The average molecular weight is 313 g/mol. The van der Waals surface area contributed by atoms with Crippen LogP contribution in [0.4, 0.5) is 4.39 Å². The molecular weight excluding hydrogens is 293 g/mol. The third-order valence-corrected chi connectivity index (χ3v) is 3.93. The SMILES string of the molecule is Cc1ccc(OCC(=O)N(Cc2cccc(F)c2)C2CC2)cc1. The molecule has 0 saturated heterocycles. The second kappa shape index (κ2) is 6.82. The second-order valence-corrected chi connectivity index (χ2v) is 5.98. The summed E-state index contributed by atoms with van der Waals surface area (Å²) < 4.78 is 18.9. The molecule has 0 aliphatic heterocycles. The molecule has 0 N–H and O–H groups in total. The van der Waals surface area contributed by atoms with Crippen LogP contribution in [0.1, 0.15) is 24.0 Å². The molecule has 1 saturated carbocycles. The summed E-state index contributed by atoms with van der Waals surface area (Å²) in [6.45, 7) is 2.44. The number of nitrogens with zero attached hydrogens (tertiary/aromatic N) is 1. The average Bonchev–Trinajstić information content (AvgIpc) is 3.36. The van der Waals surface area contributed by atoms with Crippen LogP contribution in [0.15, 0.2) is 48.5 Å². The summed E-state index contributed by atoms with van der Waals surface area (Å²) in [5.41, 5.74) is 1.95. The molecule has 0 atom stereocenters. The van der Waals surface area contributed by atoms with Crippen molar-refractivity contribution in [2.24, 2.45) is 0 Å². The summed E-state index contributed by atoms with van der Waals surface area (Å²) in [6.07, 6.45) is 2.01. The first-order valence-corrected chi connectivity index (χ1v) is 7.85. The molecule has 2 aromatic carbocycles. The Morgan fingerprint density at radius 3 is 2.61 bits per heavy atom. The molecule has 1 aliphatic rings. The van der Waals surface area contributed by atoms with Crippen molar-refractivity contribution in [3.05, 3.63) is 65.5 Å². The molecule has 0 spiro atoms. The number of halogens is 1. The van der Waals surface area contributed by atoms with Crippen LogP contribution in [0.25, 0.3) is 0 Å². The minimum absolute atomic E-state index is 0.00881. The summed E-state index contributed by atoms with van der Waals surface area (Å²) in [7, 11) is 0. The first-order valence-electron chi connectivity index (χ1n) is 7.85. The number of benzene rings is 2. The molecule has 0 heterocycles. The third-order valence-electron chi connectivity index (χ3n) is 3.93. The van der Waals surface area contributed by atoms with E-state index in [1.165, 1.54) is 12.1 Å². The molecule has 1 amide bonds. The van der Waals surface area contributed by atoms with Crippen LogP contribution in [0.2, 0.25) is 0 Å². The Morgan fingerprint density at radius 2 is 1.96 bits per heavy atom. The van der Waals surface area contributed by atoms with Gasteiger partial charge in [-0.25, -0.2) is 4.39 Å². The standard InChI is InChI=1S/C19H20FNO2/c1-14-5-9-18(10-6-14)23-13-19(22)21(17-7-8-17)12-15-3-2-4-16(20)11-15/h2-6,9-11,17H,7-8,12-13H2,1H3. The molecule has 1 fully saturated rings. The Morgan fingerprint density at radius 1 is 1.22 bits per heavy atom. The first-order chi connectivity index (χ1) is 11.1. The van der Waals surface area contributed by atoms with Gasteiger partial charge in [0.2, 0.25) is 0 Å². The summed E-state index contributed by atoms with van der Waals surface area (Å²) in [5.74, 6) is 0.351. The van der Waals surface area contributed by atoms with Crippen LogP contribution >= 0.6 is 0 Å². The lowest BCUT2D eigenvalue weighted by Gasteiger charge is -2.22. The van der Waals surface area contributed by atoms with Gasteiger partial charge in [-0.1, -0.05) is 29.8 Å². The largest absolute Gasteiger partial charge is 0.484 e. The third kappa shape index (κ3) is 4.31. The van der Waals surface area contributed by atoms with E-state index in [2.05, 4.69) is 0 Å². The maximum absolute atomic E-state index is 13.3. The van der Waals surface area contributed by atoms with E-state index in [0.717, 1.165) is 24.0 Å². The van der Waals surface area contributed by atoms with E-state index in [1.54, 1.807) is 11.0 Å². The van der Waals surface area contributed by atoms with Crippen LogP contribution < -0.4 is 4.74 Å². The van der Waals surface area contributed by atoms with E-state index in [0.29, 0.717) is 12.3 Å². The molecule has 0 bridgehead atoms. The Bertz CT molecular complexity index is 680. The number of rotatable bonds is 6. The number of ether oxygens (including phenoxy) is 1. The fourth-order valence-corrected chi connectivity index (χ4v) is 2.50. The minimum Gasteiger partial charge on any atom is -0.484 e. The number of amides is 1. The van der Waals surface area contributed by atoms with Gasteiger partial charge in [0, 0.05) is 12.6 Å². The number of carbonyl (C=O) groups is 1. The van der Waals surface area contributed by atoms with Gasteiger partial charge >= 0.3 is 0 Å². The zero-order chi connectivity index (χ0) is 16.2. The van der Waals surface area contributed by atoms with Crippen molar-refractivity contribution in [1.82, 2.24) is 4.90 Å². The smallest absolute Gasteiger partial charge is 0.261 e. The molecule has 3 nitrogen and oxygen atoms in total. The Hall–Kier alpha value is -2.36. The normalized spacial score (nSPS) is 13.7. The number of aryl methyl sites for hydroxylation is 1. The van der Waals surface area contributed by atoms with Gasteiger partial charge in [0.25, 0.3) is 5.91 Å². The first kappa shape index (κ1) is 15.5. The molecule has 2 aromatic rings. The Balaban J connectivity index is 1.61. The van der Waals surface area contributed by atoms with Crippen LogP contribution in [0.3, 0.4) is 0 Å². The van der Waals surface area contributed by atoms with E-state index in [1.807, 2.05) is 37.3 Å². The van der Waals surface area contributed by atoms with E-state index in [4.69, 9.17) is 4.74 Å². The van der Waals surface area contributed by atoms with E-state index in [-0.39, 0.29) is 24.4 Å². The Kier molecular flexibility index (Phi) is 4.60. The van der Waals surface area contributed by atoms with Gasteiger partial charge in [-0.3, -0.25) is 4.79 Å². The fourth-order valence-electron chi connectivity index (χ4n) is 2.50. The van der Waals surface area contributed by atoms with E-state index in [9.17, 15) is 9.18 Å². The van der Waals surface area contributed by atoms with Crippen molar-refractivity contribution in [3.8, 4) is 5.75 Å². The highest BCUT2D eigenvalue weighted by atomic mass is 19.1. The zero-order valence-corrected chi connectivity index (χ0v) is 13.2. The minimum atomic E-state index is -0.276. The lowest BCUT2D eigenvalue weighted by Crippen LogP contribution is -2.36. The lowest BCUT2D eigenvalue weighted by atomic mass is 10.2. The molecule has 120 valence electrons. The van der Waals surface area contributed by atoms with Gasteiger partial charge in [0.1, 0.15) is 11.6 Å². The predicted octanol–water partition coefficient (Wildman–Crippen LogP) is 3.70. The molecule has 0 unspecified atom stereocenters. The van der Waals surface area contributed by atoms with Gasteiger partial charge in [-0.2, -0.15) is 0 Å². The van der Waals surface area contributed by atoms with Crippen molar-refractivity contribution < 1.29 is 13.9 Å². The maximum Gasteiger partial charge on any atom is 0.261 e. The van der Waals surface area contributed by atoms with Gasteiger partial charge in [0.15, 0.2) is 6.61 Å². The Labute approximate surface area is 135 Å². The van der Waals surface area contributed by atoms with Crippen LogP contribution in [-0.2, 0) is 11.3 Å². The molecule has 0 aromatic heterocycles. The van der Waals surface area contributed by atoms with Crippen molar-refractivity contribution in [2.45, 2.75) is 32.4 Å². The van der Waals surface area contributed by atoms with Crippen molar-refractivity contribution in [1.29, 1.82) is 0 Å². The topological polar surface area (TPSA) is 29.5 Å². The molecule has 0 radical (unpaired) electrons. The highest BCUT2D eigenvalue weighted by Crippen LogP contribution is 2.28. The monoisotopic (exact) mass is 313 g/mol. The van der Waals surface area contributed by atoms with Crippen LogP contribution in [-0.4, -0.2) is 23.5 Å². The molecule has 3 rings (SSSR count). The maximum atomic E-state index is 13.3. The zero-order valence-electron chi connectivity index (χ0n) is 13.2. The highest BCUT2D eigenvalue weighted by molar-refractivity contribution is 5.78. The predicted molar refractivity (Wildman–Crippen MR) is 86.6 cm³/mol. The lowest BCUT2D eigenvalue weighted by molar-refractivity contribution is -0.134. The summed E-state index contributed by atoms with van der Waals surface area (Å²) in [4.78, 5) is 14.3. The second-order valence-electron chi connectivity index (χ2n) is 5.98. The van der Waals surface area contributed by atoms with Crippen molar-refractivity contribution >= 4 is 5.91 Å². The molecule has 1 aliphatic carbocycles. The molecule has 4 heteroatoms. The number of carbonyl (C=O) groups excluding carboxylic acids is 1. The summed E-state index contributed by atoms with van der Waals surface area (Å²) in [5, 5.41) is 0. The van der Waals surface area contributed by atoms with Gasteiger partial charge in [-0.05, 0) is 49.6 Å². The van der Waals surface area contributed by atoms with Crippen molar-refractivity contribution in [2.75, 3.05) is 6.61 Å². The van der Waals surface area contributed by atoms with Gasteiger partial charge in [-0.15, -0.1) is 0 Å². The van der Waals surface area contributed by atoms with Crippen molar-refractivity contribution in [3.63, 3.8) is 0 Å². The summed E-state index contributed by atoms with van der Waals surface area (Å²) >= 11 is 0. The fraction of sp³-hybridized carbons (Fsp3) is 0.316. The van der Waals surface area contributed by atoms with Gasteiger partial charge in [0.05, 0.1) is 0 Å². The number of hydrogen-bond donors (Lipinski definition) is 0. The summed E-state index contributed by atoms with van der Waals surface area (Å²) in [6, 6.07) is 14.3. The van der Waals surface area contributed by atoms with Crippen LogP contribution in [0, 0.1) is 12.7 Å². The molecular formula is C19H20FNO2. The van der Waals surface area contributed by atoms with E-state index >= 15 is 0 Å². The van der Waals surface area contributed by atoms with Crippen LogP contribution in [0.5, 0.6) is 5.75 Å². The quantitative estimate of drug-likeness (QED) is 0.814. The van der Waals surface area contributed by atoms with Gasteiger partial charge < -0.3 is 9.64 Å².